The first kappa shape index (κ1) is 20.0. The molecule has 0 bridgehead atoms. The Hall–Kier alpha value is -0.0400. The van der Waals surface area contributed by atoms with Crippen molar-refractivity contribution in [1.82, 2.24) is 0 Å². The van der Waals surface area contributed by atoms with Crippen molar-refractivity contribution in [3.05, 3.63) is 0 Å². The van der Waals surface area contributed by atoms with Crippen molar-refractivity contribution in [3.8, 4) is 0 Å². The fourth-order valence-corrected chi connectivity index (χ4v) is 4.37. The van der Waals surface area contributed by atoms with E-state index < -0.39 is 5.60 Å². The van der Waals surface area contributed by atoms with E-state index in [-0.39, 0.29) is 10.8 Å². The van der Waals surface area contributed by atoms with Gasteiger partial charge in [-0.2, -0.15) is 0 Å². The van der Waals surface area contributed by atoms with Gasteiger partial charge in [0.15, 0.2) is 0 Å². The van der Waals surface area contributed by atoms with E-state index in [0.717, 1.165) is 19.3 Å². The van der Waals surface area contributed by atoms with Crippen LogP contribution in [0.5, 0.6) is 0 Å². The van der Waals surface area contributed by atoms with E-state index >= 15 is 0 Å². The molecule has 1 heteroatoms. The second-order valence-corrected chi connectivity index (χ2v) is 9.67. The minimum absolute atomic E-state index is 0.226. The molecule has 1 nitrogen and oxygen atoms in total. The molecule has 122 valence electrons. The van der Waals surface area contributed by atoms with Crippen molar-refractivity contribution < 1.29 is 5.11 Å². The summed E-state index contributed by atoms with van der Waals surface area (Å²) in [5.74, 6) is 0. The summed E-state index contributed by atoms with van der Waals surface area (Å²) in [6.45, 7) is 20.4. The third-order valence-electron chi connectivity index (χ3n) is 4.40. The molecule has 20 heavy (non-hydrogen) atoms. The molecule has 0 aliphatic carbocycles. The lowest BCUT2D eigenvalue weighted by molar-refractivity contribution is -0.0363. The third kappa shape index (κ3) is 8.29. The van der Waals surface area contributed by atoms with Crippen LogP contribution in [0.25, 0.3) is 0 Å². The highest BCUT2D eigenvalue weighted by atomic mass is 16.3. The number of hydrogen-bond acceptors (Lipinski definition) is 1. The molecule has 0 aromatic rings. The summed E-state index contributed by atoms with van der Waals surface area (Å²) < 4.78 is 0. The zero-order valence-corrected chi connectivity index (χ0v) is 15.7. The summed E-state index contributed by atoms with van der Waals surface area (Å²) in [5, 5.41) is 10.9. The van der Waals surface area contributed by atoms with Crippen LogP contribution < -0.4 is 0 Å². The van der Waals surface area contributed by atoms with Crippen molar-refractivity contribution in [2.45, 2.75) is 106 Å². The van der Waals surface area contributed by atoms with Gasteiger partial charge >= 0.3 is 0 Å². The number of aliphatic hydroxyl groups is 1. The first-order valence-electron chi connectivity index (χ1n) is 8.47. The van der Waals surface area contributed by atoms with Gasteiger partial charge in [0.2, 0.25) is 0 Å². The summed E-state index contributed by atoms with van der Waals surface area (Å²) in [6.07, 6.45) is 6.48. The predicted molar refractivity (Wildman–Crippen MR) is 91.0 cm³/mol. The first-order valence-corrected chi connectivity index (χ1v) is 8.47. The van der Waals surface area contributed by atoms with Gasteiger partial charge in [0.1, 0.15) is 0 Å². The molecule has 0 saturated heterocycles. The van der Waals surface area contributed by atoms with Gasteiger partial charge in [-0.25, -0.2) is 0 Å². The van der Waals surface area contributed by atoms with Gasteiger partial charge in [-0.15, -0.1) is 0 Å². The van der Waals surface area contributed by atoms with Crippen LogP contribution in [0.3, 0.4) is 0 Å². The topological polar surface area (TPSA) is 20.2 Å². The molecule has 0 aromatic heterocycles. The van der Waals surface area contributed by atoms with Gasteiger partial charge in [-0.3, -0.25) is 0 Å². The molecule has 1 N–H and O–H groups in total. The maximum absolute atomic E-state index is 10.9. The highest BCUT2D eigenvalue weighted by Gasteiger charge is 2.38. The Labute approximate surface area is 128 Å². The zero-order chi connectivity index (χ0) is 16.2. The molecule has 0 radical (unpaired) electrons. The van der Waals surface area contributed by atoms with Crippen LogP contribution in [0.15, 0.2) is 0 Å². The molecule has 2 atom stereocenters. The van der Waals surface area contributed by atoms with Crippen LogP contribution >= 0.6 is 0 Å². The highest BCUT2D eigenvalue weighted by Crippen LogP contribution is 2.45. The van der Waals surface area contributed by atoms with Crippen molar-refractivity contribution in [2.24, 2.45) is 16.2 Å². The van der Waals surface area contributed by atoms with E-state index in [1.807, 2.05) is 6.92 Å². The standard InChI is InChI=1S/C19H40O/c1-10-12-17(6,7)14-19(9,20)15-18(8,11-2)13-16(3,4)5/h20H,10-15H2,1-9H3. The second-order valence-electron chi connectivity index (χ2n) is 9.67. The van der Waals surface area contributed by atoms with Crippen molar-refractivity contribution >= 4 is 0 Å². The molecule has 0 fully saturated rings. The van der Waals surface area contributed by atoms with E-state index in [1.165, 1.54) is 19.3 Å². The van der Waals surface area contributed by atoms with Gasteiger partial charge in [0, 0.05) is 0 Å². The maximum atomic E-state index is 10.9. The fraction of sp³-hybridized carbons (Fsp3) is 1.00. The van der Waals surface area contributed by atoms with Crippen LogP contribution in [0.4, 0.5) is 0 Å². The molecule has 0 rings (SSSR count). The normalized spacial score (nSPS) is 19.5. The van der Waals surface area contributed by atoms with Crippen molar-refractivity contribution in [3.63, 3.8) is 0 Å². The van der Waals surface area contributed by atoms with Crippen LogP contribution in [-0.4, -0.2) is 10.7 Å². The summed E-state index contributed by atoms with van der Waals surface area (Å²) >= 11 is 0. The van der Waals surface area contributed by atoms with Gasteiger partial charge < -0.3 is 5.11 Å². The van der Waals surface area contributed by atoms with E-state index in [0.29, 0.717) is 5.41 Å². The first-order chi connectivity index (χ1) is 8.74. The Bertz CT molecular complexity index is 283. The molecule has 2 unspecified atom stereocenters. The molecule has 0 saturated carbocycles. The molecule has 0 spiro atoms. The average Bonchev–Trinajstić information content (AvgIpc) is 2.10. The quantitative estimate of drug-likeness (QED) is 0.563. The molecule has 0 amide bonds. The van der Waals surface area contributed by atoms with Gasteiger partial charge in [-0.05, 0) is 48.9 Å². The van der Waals surface area contributed by atoms with Crippen molar-refractivity contribution in [2.75, 3.05) is 0 Å². The van der Waals surface area contributed by atoms with Crippen LogP contribution in [0.1, 0.15) is 101 Å². The lowest BCUT2D eigenvalue weighted by Gasteiger charge is -2.42. The average molecular weight is 285 g/mol. The van der Waals surface area contributed by atoms with Crippen LogP contribution in [0, 0.1) is 16.2 Å². The second kappa shape index (κ2) is 6.81. The minimum Gasteiger partial charge on any atom is -0.390 e. The summed E-state index contributed by atoms with van der Waals surface area (Å²) in [7, 11) is 0. The largest absolute Gasteiger partial charge is 0.390 e. The Balaban J connectivity index is 4.86. The molecule has 0 aliphatic rings. The summed E-state index contributed by atoms with van der Waals surface area (Å²) in [5.41, 5.74) is 0.215. The molecule has 0 aromatic carbocycles. The number of hydrogen-bond donors (Lipinski definition) is 1. The monoisotopic (exact) mass is 284 g/mol. The highest BCUT2D eigenvalue weighted by molar-refractivity contribution is 4.90. The minimum atomic E-state index is -0.561. The maximum Gasteiger partial charge on any atom is 0.0630 e. The summed E-state index contributed by atoms with van der Waals surface area (Å²) in [4.78, 5) is 0. The predicted octanol–water partition coefficient (Wildman–Crippen LogP) is 6.20. The Morgan fingerprint density at radius 3 is 1.60 bits per heavy atom. The van der Waals surface area contributed by atoms with Gasteiger partial charge in [0.05, 0.1) is 5.60 Å². The van der Waals surface area contributed by atoms with E-state index in [9.17, 15) is 5.11 Å². The third-order valence-corrected chi connectivity index (χ3v) is 4.40. The molecule has 0 aliphatic heterocycles. The fourth-order valence-electron chi connectivity index (χ4n) is 4.37. The Morgan fingerprint density at radius 1 is 0.750 bits per heavy atom. The van der Waals surface area contributed by atoms with Crippen LogP contribution in [0.2, 0.25) is 0 Å². The van der Waals surface area contributed by atoms with Gasteiger partial charge in [0.25, 0.3) is 0 Å². The van der Waals surface area contributed by atoms with Gasteiger partial charge in [-0.1, -0.05) is 68.2 Å². The van der Waals surface area contributed by atoms with E-state index in [1.54, 1.807) is 0 Å². The smallest absolute Gasteiger partial charge is 0.0630 e. The molecular formula is C19H40O. The Morgan fingerprint density at radius 2 is 1.25 bits per heavy atom. The summed E-state index contributed by atoms with van der Waals surface area (Å²) in [6, 6.07) is 0. The van der Waals surface area contributed by atoms with E-state index in [4.69, 9.17) is 0 Å². The zero-order valence-electron chi connectivity index (χ0n) is 15.7. The molecular weight excluding hydrogens is 244 g/mol. The van der Waals surface area contributed by atoms with Crippen molar-refractivity contribution in [1.29, 1.82) is 0 Å². The molecule has 0 heterocycles. The lowest BCUT2D eigenvalue weighted by Crippen LogP contribution is -2.38. The van der Waals surface area contributed by atoms with Crippen LogP contribution in [-0.2, 0) is 0 Å². The van der Waals surface area contributed by atoms with E-state index in [2.05, 4.69) is 55.4 Å². The Kier molecular flexibility index (Phi) is 6.80. The SMILES string of the molecule is CCCC(C)(C)CC(C)(O)CC(C)(CC)CC(C)(C)C. The number of rotatable bonds is 8. The lowest BCUT2D eigenvalue weighted by atomic mass is 9.65.